The molecule has 5 nitrogen and oxygen atoms in total. The van der Waals surface area contributed by atoms with Crippen LogP contribution in [0.2, 0.25) is 0 Å². The summed E-state index contributed by atoms with van der Waals surface area (Å²) in [6.07, 6.45) is 2.32. The summed E-state index contributed by atoms with van der Waals surface area (Å²) < 4.78 is 5.04. The Bertz CT molecular complexity index is 528. The summed E-state index contributed by atoms with van der Waals surface area (Å²) in [7, 11) is 0. The van der Waals surface area contributed by atoms with Crippen molar-refractivity contribution in [1.29, 1.82) is 0 Å². The SMILES string of the molecule is C#Cc1ccccc1C(O)C(O)CNC(=O)OC(C)(C)C. The Morgan fingerprint density at radius 2 is 2.00 bits per heavy atom. The molecule has 0 fully saturated rings. The van der Waals surface area contributed by atoms with Crippen LogP contribution < -0.4 is 5.32 Å². The van der Waals surface area contributed by atoms with Gasteiger partial charge < -0.3 is 20.3 Å². The number of carbonyl (C=O) groups is 1. The zero-order valence-corrected chi connectivity index (χ0v) is 12.5. The van der Waals surface area contributed by atoms with Gasteiger partial charge in [0, 0.05) is 12.1 Å². The smallest absolute Gasteiger partial charge is 0.407 e. The van der Waals surface area contributed by atoms with Crippen molar-refractivity contribution in [3.63, 3.8) is 0 Å². The van der Waals surface area contributed by atoms with Gasteiger partial charge in [-0.3, -0.25) is 0 Å². The lowest BCUT2D eigenvalue weighted by Gasteiger charge is -2.22. The highest BCUT2D eigenvalue weighted by Gasteiger charge is 2.22. The van der Waals surface area contributed by atoms with Gasteiger partial charge in [-0.1, -0.05) is 24.1 Å². The Hall–Kier alpha value is -2.03. The van der Waals surface area contributed by atoms with Crippen LogP contribution in [0.3, 0.4) is 0 Å². The highest BCUT2D eigenvalue weighted by molar-refractivity contribution is 5.67. The normalized spacial score (nSPS) is 13.9. The molecule has 1 amide bonds. The number of alkyl carbamates (subject to hydrolysis) is 1. The van der Waals surface area contributed by atoms with Crippen molar-refractivity contribution >= 4 is 6.09 Å². The van der Waals surface area contributed by atoms with Crippen molar-refractivity contribution in [3.05, 3.63) is 35.4 Å². The molecule has 0 aromatic heterocycles. The van der Waals surface area contributed by atoms with E-state index in [1.807, 2.05) is 0 Å². The number of benzene rings is 1. The predicted octanol–water partition coefficient (Wildman–Crippen LogP) is 1.59. The van der Waals surface area contributed by atoms with E-state index in [1.54, 1.807) is 45.0 Å². The van der Waals surface area contributed by atoms with Gasteiger partial charge in [0.15, 0.2) is 0 Å². The number of amides is 1. The first-order chi connectivity index (χ1) is 9.74. The highest BCUT2D eigenvalue weighted by atomic mass is 16.6. The fraction of sp³-hybridized carbons (Fsp3) is 0.438. The number of terminal acetylenes is 1. The number of hydrogen-bond donors (Lipinski definition) is 3. The Morgan fingerprint density at radius 3 is 2.57 bits per heavy atom. The Labute approximate surface area is 124 Å². The third-order valence-corrected chi connectivity index (χ3v) is 2.65. The van der Waals surface area contributed by atoms with E-state index in [0.717, 1.165) is 0 Å². The van der Waals surface area contributed by atoms with Gasteiger partial charge in [0.05, 0.1) is 0 Å². The number of carbonyl (C=O) groups excluding carboxylic acids is 1. The topological polar surface area (TPSA) is 78.8 Å². The summed E-state index contributed by atoms with van der Waals surface area (Å²) in [5.41, 5.74) is 0.323. The van der Waals surface area contributed by atoms with Crippen LogP contribution in [-0.2, 0) is 4.74 Å². The van der Waals surface area contributed by atoms with Crippen molar-refractivity contribution in [1.82, 2.24) is 5.32 Å². The molecule has 0 aliphatic rings. The lowest BCUT2D eigenvalue weighted by Crippen LogP contribution is -2.39. The van der Waals surface area contributed by atoms with E-state index in [2.05, 4.69) is 11.2 Å². The Kier molecular flexibility index (Phi) is 5.77. The molecule has 0 radical (unpaired) electrons. The van der Waals surface area contributed by atoms with Crippen LogP contribution in [-0.4, -0.2) is 34.6 Å². The van der Waals surface area contributed by atoms with Crippen LogP contribution in [0, 0.1) is 12.3 Å². The van der Waals surface area contributed by atoms with Crippen molar-refractivity contribution in [2.75, 3.05) is 6.54 Å². The minimum Gasteiger partial charge on any atom is -0.444 e. The Morgan fingerprint density at radius 1 is 1.38 bits per heavy atom. The van der Waals surface area contributed by atoms with Crippen molar-refractivity contribution < 1.29 is 19.7 Å². The Balaban J connectivity index is 2.62. The molecular weight excluding hydrogens is 270 g/mol. The van der Waals surface area contributed by atoms with Gasteiger partial charge >= 0.3 is 6.09 Å². The van der Waals surface area contributed by atoms with Crippen molar-refractivity contribution in [2.45, 2.75) is 38.6 Å². The van der Waals surface area contributed by atoms with Gasteiger partial charge in [-0.15, -0.1) is 6.42 Å². The first-order valence-electron chi connectivity index (χ1n) is 6.63. The second-order valence-corrected chi connectivity index (χ2v) is 5.63. The first kappa shape index (κ1) is 17.0. The largest absolute Gasteiger partial charge is 0.444 e. The molecule has 114 valence electrons. The first-order valence-corrected chi connectivity index (χ1v) is 6.63. The van der Waals surface area contributed by atoms with Crippen molar-refractivity contribution in [3.8, 4) is 12.3 Å². The molecule has 0 bridgehead atoms. The number of aliphatic hydroxyl groups is 2. The van der Waals surface area contributed by atoms with Gasteiger partial charge in [-0.05, 0) is 32.4 Å². The molecule has 0 heterocycles. The van der Waals surface area contributed by atoms with Crippen LogP contribution in [0.5, 0.6) is 0 Å². The van der Waals surface area contributed by atoms with E-state index in [9.17, 15) is 15.0 Å². The quantitative estimate of drug-likeness (QED) is 0.736. The summed E-state index contributed by atoms with van der Waals surface area (Å²) in [6, 6.07) is 6.77. The molecule has 1 aromatic carbocycles. The standard InChI is InChI=1S/C16H21NO4/c1-5-11-8-6-7-9-12(11)14(19)13(18)10-17-15(20)21-16(2,3)4/h1,6-9,13-14,18-19H,10H2,2-4H3,(H,17,20). The second kappa shape index (κ2) is 7.11. The molecular formula is C16H21NO4. The maximum absolute atomic E-state index is 11.5. The minimum absolute atomic E-state index is 0.144. The van der Waals surface area contributed by atoms with E-state index in [0.29, 0.717) is 11.1 Å². The van der Waals surface area contributed by atoms with Gasteiger partial charge in [0.25, 0.3) is 0 Å². The average Bonchev–Trinajstić information content (AvgIpc) is 2.42. The van der Waals surface area contributed by atoms with E-state index in [-0.39, 0.29) is 6.54 Å². The van der Waals surface area contributed by atoms with E-state index >= 15 is 0 Å². The maximum Gasteiger partial charge on any atom is 0.407 e. The molecule has 0 saturated heterocycles. The van der Waals surface area contributed by atoms with Crippen molar-refractivity contribution in [2.24, 2.45) is 0 Å². The molecule has 0 spiro atoms. The number of nitrogens with one attached hydrogen (secondary N) is 1. The van der Waals surface area contributed by atoms with Gasteiger partial charge in [-0.25, -0.2) is 4.79 Å². The molecule has 1 aromatic rings. The number of aliphatic hydroxyl groups excluding tert-OH is 2. The molecule has 0 saturated carbocycles. The predicted molar refractivity (Wildman–Crippen MR) is 79.6 cm³/mol. The summed E-state index contributed by atoms with van der Waals surface area (Å²) in [4.78, 5) is 11.5. The second-order valence-electron chi connectivity index (χ2n) is 5.63. The molecule has 1 rings (SSSR count). The molecule has 0 aliphatic heterocycles. The van der Waals surface area contributed by atoms with Gasteiger partial charge in [-0.2, -0.15) is 0 Å². The zero-order chi connectivity index (χ0) is 16.0. The van der Waals surface area contributed by atoms with Gasteiger partial charge in [0.2, 0.25) is 0 Å². The van der Waals surface area contributed by atoms with Crippen LogP contribution in [0.15, 0.2) is 24.3 Å². The minimum atomic E-state index is -1.19. The molecule has 2 unspecified atom stereocenters. The highest BCUT2D eigenvalue weighted by Crippen LogP contribution is 2.20. The number of ether oxygens (including phenoxy) is 1. The third kappa shape index (κ3) is 5.46. The van der Waals surface area contributed by atoms with Crippen LogP contribution >= 0.6 is 0 Å². The molecule has 0 aliphatic carbocycles. The fourth-order valence-corrected chi connectivity index (χ4v) is 1.71. The maximum atomic E-state index is 11.5. The fourth-order valence-electron chi connectivity index (χ4n) is 1.71. The lowest BCUT2D eigenvalue weighted by molar-refractivity contribution is 0.0128. The summed E-state index contributed by atoms with van der Waals surface area (Å²) in [5, 5.41) is 22.5. The molecule has 2 atom stereocenters. The van der Waals surface area contributed by atoms with E-state index < -0.39 is 23.9 Å². The monoisotopic (exact) mass is 291 g/mol. The zero-order valence-electron chi connectivity index (χ0n) is 12.5. The van der Waals surface area contributed by atoms with Gasteiger partial charge in [0.1, 0.15) is 17.8 Å². The average molecular weight is 291 g/mol. The summed E-state index contributed by atoms with van der Waals surface area (Å²) >= 11 is 0. The third-order valence-electron chi connectivity index (χ3n) is 2.65. The number of hydrogen-bond acceptors (Lipinski definition) is 4. The molecule has 5 heteroatoms. The van der Waals surface area contributed by atoms with Crippen LogP contribution in [0.25, 0.3) is 0 Å². The van der Waals surface area contributed by atoms with Crippen LogP contribution in [0.4, 0.5) is 4.79 Å². The molecule has 3 N–H and O–H groups in total. The van der Waals surface area contributed by atoms with E-state index in [1.165, 1.54) is 0 Å². The molecule has 21 heavy (non-hydrogen) atoms. The van der Waals surface area contributed by atoms with Crippen LogP contribution in [0.1, 0.15) is 38.0 Å². The number of rotatable bonds is 4. The lowest BCUT2D eigenvalue weighted by atomic mass is 9.99. The summed E-state index contributed by atoms with van der Waals surface area (Å²) in [5.74, 6) is 2.44. The van der Waals surface area contributed by atoms with E-state index in [4.69, 9.17) is 11.2 Å². The summed E-state index contributed by atoms with van der Waals surface area (Å²) in [6.45, 7) is 5.07.